The zero-order valence-corrected chi connectivity index (χ0v) is 11.1. The molecular formula is C14H12N2O5. The van der Waals surface area contributed by atoms with Crippen LogP contribution in [0.2, 0.25) is 0 Å². The molecule has 0 bridgehead atoms. The van der Waals surface area contributed by atoms with E-state index in [-0.39, 0.29) is 17.9 Å². The van der Waals surface area contributed by atoms with Gasteiger partial charge >= 0.3 is 5.97 Å². The average Bonchev–Trinajstić information content (AvgIpc) is 2.46. The monoisotopic (exact) mass is 288 g/mol. The number of carboxylic acids is 1. The SMILES string of the molecule is Cc1ccc([N+](=O)[O-])cc1OCc1ccc(C(=O)O)cn1. The predicted molar refractivity (Wildman–Crippen MR) is 73.4 cm³/mol. The molecule has 1 N–H and O–H groups in total. The van der Waals surface area contributed by atoms with E-state index in [1.807, 2.05) is 0 Å². The summed E-state index contributed by atoms with van der Waals surface area (Å²) in [6.45, 7) is 1.88. The van der Waals surface area contributed by atoms with Crippen molar-refractivity contribution in [2.24, 2.45) is 0 Å². The Balaban J connectivity index is 2.10. The number of carboxylic acid groups (broad SMARTS) is 1. The lowest BCUT2D eigenvalue weighted by Crippen LogP contribution is -2.02. The van der Waals surface area contributed by atoms with Gasteiger partial charge in [-0.2, -0.15) is 0 Å². The maximum Gasteiger partial charge on any atom is 0.337 e. The molecule has 2 rings (SSSR count). The van der Waals surface area contributed by atoms with Crippen LogP contribution >= 0.6 is 0 Å². The van der Waals surface area contributed by atoms with Gasteiger partial charge in [0.2, 0.25) is 0 Å². The van der Waals surface area contributed by atoms with Crippen LogP contribution in [0.5, 0.6) is 5.75 Å². The molecule has 0 spiro atoms. The van der Waals surface area contributed by atoms with Crippen molar-refractivity contribution in [3.05, 3.63) is 63.5 Å². The molecule has 0 saturated carbocycles. The maximum absolute atomic E-state index is 10.7. The number of carbonyl (C=O) groups is 1. The van der Waals surface area contributed by atoms with Gasteiger partial charge in [0.05, 0.1) is 22.2 Å². The van der Waals surface area contributed by atoms with Crippen LogP contribution in [0.25, 0.3) is 0 Å². The van der Waals surface area contributed by atoms with Crippen molar-refractivity contribution >= 4 is 11.7 Å². The first-order valence-corrected chi connectivity index (χ1v) is 6.03. The molecule has 0 aliphatic rings. The van der Waals surface area contributed by atoms with E-state index in [0.717, 1.165) is 5.56 Å². The van der Waals surface area contributed by atoms with Gasteiger partial charge in [-0.25, -0.2) is 4.79 Å². The molecule has 1 aromatic heterocycles. The van der Waals surface area contributed by atoms with E-state index in [2.05, 4.69) is 4.98 Å². The molecule has 1 aromatic carbocycles. The highest BCUT2D eigenvalue weighted by Gasteiger charge is 2.10. The average molecular weight is 288 g/mol. The predicted octanol–water partition coefficient (Wildman–Crippen LogP) is 2.58. The molecule has 108 valence electrons. The largest absolute Gasteiger partial charge is 0.487 e. The Bertz CT molecular complexity index is 682. The number of pyridine rings is 1. The van der Waals surface area contributed by atoms with E-state index < -0.39 is 10.9 Å². The Morgan fingerprint density at radius 1 is 1.38 bits per heavy atom. The number of ether oxygens (including phenoxy) is 1. The van der Waals surface area contributed by atoms with Crippen molar-refractivity contribution in [1.29, 1.82) is 0 Å². The molecule has 0 fully saturated rings. The molecule has 0 radical (unpaired) electrons. The van der Waals surface area contributed by atoms with Gasteiger partial charge in [-0.3, -0.25) is 15.1 Å². The van der Waals surface area contributed by atoms with Gasteiger partial charge in [-0.1, -0.05) is 0 Å². The van der Waals surface area contributed by atoms with E-state index in [1.54, 1.807) is 13.0 Å². The summed E-state index contributed by atoms with van der Waals surface area (Å²) in [5.74, 6) is -0.655. The molecule has 2 aromatic rings. The Labute approximate surface area is 120 Å². The third kappa shape index (κ3) is 3.53. The number of aromatic nitrogens is 1. The Kier molecular flexibility index (Phi) is 4.13. The summed E-state index contributed by atoms with van der Waals surface area (Å²) < 4.78 is 5.50. The fourth-order valence-electron chi connectivity index (χ4n) is 1.65. The van der Waals surface area contributed by atoms with Crippen LogP contribution in [0.3, 0.4) is 0 Å². The smallest absolute Gasteiger partial charge is 0.337 e. The van der Waals surface area contributed by atoms with Crippen molar-refractivity contribution in [2.75, 3.05) is 0 Å². The van der Waals surface area contributed by atoms with Gasteiger partial charge in [0.25, 0.3) is 5.69 Å². The van der Waals surface area contributed by atoms with Crippen molar-refractivity contribution in [1.82, 2.24) is 4.98 Å². The van der Waals surface area contributed by atoms with Crippen LogP contribution in [-0.4, -0.2) is 21.0 Å². The topological polar surface area (TPSA) is 103 Å². The first-order valence-electron chi connectivity index (χ1n) is 6.03. The normalized spacial score (nSPS) is 10.1. The lowest BCUT2D eigenvalue weighted by atomic mass is 10.2. The zero-order valence-electron chi connectivity index (χ0n) is 11.1. The van der Waals surface area contributed by atoms with Gasteiger partial charge in [-0.15, -0.1) is 0 Å². The van der Waals surface area contributed by atoms with E-state index >= 15 is 0 Å². The molecule has 0 unspecified atom stereocenters. The number of hydrogen-bond acceptors (Lipinski definition) is 5. The third-order valence-corrected chi connectivity index (χ3v) is 2.83. The van der Waals surface area contributed by atoms with Gasteiger partial charge in [0.1, 0.15) is 12.4 Å². The van der Waals surface area contributed by atoms with Crippen LogP contribution in [0.4, 0.5) is 5.69 Å². The second-order valence-corrected chi connectivity index (χ2v) is 4.34. The molecule has 7 heteroatoms. The molecule has 0 saturated heterocycles. The second kappa shape index (κ2) is 6.00. The number of aryl methyl sites for hydroxylation is 1. The standard InChI is InChI=1S/C14H12N2O5/c1-9-2-5-12(16(19)20)6-13(9)21-8-11-4-3-10(7-15-11)14(17)18/h2-7H,8H2,1H3,(H,17,18). The first kappa shape index (κ1) is 14.4. The van der Waals surface area contributed by atoms with Gasteiger partial charge in [0, 0.05) is 12.3 Å². The molecule has 21 heavy (non-hydrogen) atoms. The number of aromatic carboxylic acids is 1. The number of nitro benzene ring substituents is 1. The summed E-state index contributed by atoms with van der Waals surface area (Å²) in [5.41, 5.74) is 1.34. The van der Waals surface area contributed by atoms with Crippen LogP contribution in [-0.2, 0) is 6.61 Å². The quantitative estimate of drug-likeness (QED) is 0.670. The van der Waals surface area contributed by atoms with Crippen molar-refractivity contribution < 1.29 is 19.6 Å². The van der Waals surface area contributed by atoms with Crippen LogP contribution in [0, 0.1) is 17.0 Å². The van der Waals surface area contributed by atoms with Crippen molar-refractivity contribution in [3.8, 4) is 5.75 Å². The highest BCUT2D eigenvalue weighted by molar-refractivity contribution is 5.87. The van der Waals surface area contributed by atoms with Crippen LogP contribution in [0.1, 0.15) is 21.6 Å². The number of nitrogens with zero attached hydrogens (tertiary/aromatic N) is 2. The summed E-state index contributed by atoms with van der Waals surface area (Å²) >= 11 is 0. The number of hydrogen-bond donors (Lipinski definition) is 1. The number of non-ortho nitro benzene ring substituents is 1. The number of nitro groups is 1. The molecule has 0 aliphatic heterocycles. The molecule has 0 amide bonds. The van der Waals surface area contributed by atoms with Gasteiger partial charge in [-0.05, 0) is 30.7 Å². The van der Waals surface area contributed by atoms with Crippen molar-refractivity contribution in [2.45, 2.75) is 13.5 Å². The fraction of sp³-hybridized carbons (Fsp3) is 0.143. The van der Waals surface area contributed by atoms with Crippen LogP contribution < -0.4 is 4.74 Å². The van der Waals surface area contributed by atoms with Gasteiger partial charge in [0.15, 0.2) is 0 Å². The summed E-state index contributed by atoms with van der Waals surface area (Å²) in [7, 11) is 0. The zero-order chi connectivity index (χ0) is 15.4. The summed E-state index contributed by atoms with van der Waals surface area (Å²) in [6.07, 6.45) is 1.24. The molecule has 0 atom stereocenters. The molecule has 0 aliphatic carbocycles. The first-order chi connectivity index (χ1) is 9.97. The second-order valence-electron chi connectivity index (χ2n) is 4.34. The fourth-order valence-corrected chi connectivity index (χ4v) is 1.65. The minimum atomic E-state index is -1.05. The minimum absolute atomic E-state index is 0.0511. The Morgan fingerprint density at radius 3 is 2.71 bits per heavy atom. The van der Waals surface area contributed by atoms with E-state index in [9.17, 15) is 14.9 Å². The van der Waals surface area contributed by atoms with E-state index in [4.69, 9.17) is 9.84 Å². The summed E-state index contributed by atoms with van der Waals surface area (Å²) in [4.78, 5) is 24.9. The number of rotatable bonds is 5. The lowest BCUT2D eigenvalue weighted by molar-refractivity contribution is -0.385. The molecule has 1 heterocycles. The summed E-state index contributed by atoms with van der Waals surface area (Å²) in [5, 5.41) is 19.5. The Hall–Kier alpha value is -2.96. The summed E-state index contributed by atoms with van der Waals surface area (Å²) in [6, 6.07) is 7.32. The highest BCUT2D eigenvalue weighted by atomic mass is 16.6. The van der Waals surface area contributed by atoms with E-state index in [1.165, 1.54) is 30.5 Å². The Morgan fingerprint density at radius 2 is 2.14 bits per heavy atom. The maximum atomic E-state index is 10.7. The molecular weight excluding hydrogens is 276 g/mol. The number of benzene rings is 1. The molecule has 7 nitrogen and oxygen atoms in total. The van der Waals surface area contributed by atoms with Gasteiger partial charge < -0.3 is 9.84 Å². The van der Waals surface area contributed by atoms with E-state index in [0.29, 0.717) is 11.4 Å². The lowest BCUT2D eigenvalue weighted by Gasteiger charge is -2.08. The highest BCUT2D eigenvalue weighted by Crippen LogP contribution is 2.24. The van der Waals surface area contributed by atoms with Crippen LogP contribution in [0.15, 0.2) is 36.5 Å². The minimum Gasteiger partial charge on any atom is -0.487 e. The van der Waals surface area contributed by atoms with Crippen molar-refractivity contribution in [3.63, 3.8) is 0 Å². The third-order valence-electron chi connectivity index (χ3n) is 2.83.